The summed E-state index contributed by atoms with van der Waals surface area (Å²) in [7, 11) is 0. The first-order chi connectivity index (χ1) is 14.1. The lowest BCUT2D eigenvalue weighted by atomic mass is 10.1. The average molecular weight is 412 g/mol. The molecule has 3 aliphatic heterocycles. The molecule has 1 amide bonds. The van der Waals surface area contributed by atoms with E-state index in [9.17, 15) is 14.9 Å². The van der Waals surface area contributed by atoms with Gasteiger partial charge in [0.15, 0.2) is 0 Å². The number of amides is 1. The zero-order valence-corrected chi connectivity index (χ0v) is 17.7. The van der Waals surface area contributed by atoms with Crippen LogP contribution in [0.15, 0.2) is 0 Å². The van der Waals surface area contributed by atoms with Gasteiger partial charge in [-0.05, 0) is 51.9 Å². The molecule has 3 heterocycles. The van der Waals surface area contributed by atoms with Crippen LogP contribution in [0.1, 0.15) is 44.9 Å². The van der Waals surface area contributed by atoms with Gasteiger partial charge in [-0.3, -0.25) is 9.69 Å². The third kappa shape index (κ3) is 7.71. The third-order valence-corrected chi connectivity index (χ3v) is 6.42. The van der Waals surface area contributed by atoms with Gasteiger partial charge in [0.05, 0.1) is 0 Å². The first-order valence-corrected chi connectivity index (χ1v) is 11.4. The van der Waals surface area contributed by atoms with Gasteiger partial charge < -0.3 is 19.5 Å². The molecule has 0 aromatic heterocycles. The minimum absolute atomic E-state index is 0.238. The quantitative estimate of drug-likeness (QED) is 0.415. The largest absolute Gasteiger partial charge is 0.340 e. The van der Waals surface area contributed by atoms with Gasteiger partial charge in [0, 0.05) is 52.2 Å². The van der Waals surface area contributed by atoms with E-state index in [2.05, 4.69) is 14.7 Å². The first kappa shape index (κ1) is 22.2. The molecule has 3 fully saturated rings. The third-order valence-electron chi connectivity index (χ3n) is 6.42. The van der Waals surface area contributed by atoms with E-state index in [1.165, 1.54) is 25.7 Å². The maximum atomic E-state index is 12.5. The van der Waals surface area contributed by atoms with E-state index < -0.39 is 11.2 Å². The number of carbonyl (C=O) groups excluding carboxylic acids is 1. The number of rotatable bonds is 9. The molecular formula is C20H37N5O4. The fourth-order valence-corrected chi connectivity index (χ4v) is 4.74. The Bertz CT molecular complexity index is 515. The van der Waals surface area contributed by atoms with Gasteiger partial charge in [-0.2, -0.15) is 0 Å². The average Bonchev–Trinajstić information content (AvgIpc) is 2.73. The highest BCUT2D eigenvalue weighted by atomic mass is 17.0. The van der Waals surface area contributed by atoms with E-state index in [1.807, 2.05) is 4.90 Å². The minimum atomic E-state index is -0.658. The van der Waals surface area contributed by atoms with Crippen LogP contribution in [0.5, 0.6) is 0 Å². The summed E-state index contributed by atoms with van der Waals surface area (Å²) in [6.07, 6.45) is 7.53. The summed E-state index contributed by atoms with van der Waals surface area (Å²) >= 11 is 0. The van der Waals surface area contributed by atoms with Gasteiger partial charge in [-0.25, -0.2) is 0 Å². The molecule has 0 N–H and O–H groups in total. The number of nitrogens with zero attached hydrogens (tertiary/aromatic N) is 5. The second-order valence-corrected chi connectivity index (χ2v) is 8.65. The number of carbonyl (C=O) groups is 1. The molecule has 0 aromatic carbocycles. The SMILES string of the molecule is O=C(CCN1CCCCC1)N1CCN(CC(CN2CCCCC2)O[N+](=O)[O-])CC1. The summed E-state index contributed by atoms with van der Waals surface area (Å²) in [5, 5.41) is 10.3. The molecule has 3 aliphatic rings. The normalized spacial score (nSPS) is 23.7. The monoisotopic (exact) mass is 411 g/mol. The number of hydrogen-bond acceptors (Lipinski definition) is 7. The van der Waals surface area contributed by atoms with Crippen molar-refractivity contribution in [2.45, 2.75) is 51.0 Å². The lowest BCUT2D eigenvalue weighted by Crippen LogP contribution is -2.52. The predicted octanol–water partition coefficient (Wildman–Crippen LogP) is 1.07. The molecule has 3 rings (SSSR count). The van der Waals surface area contributed by atoms with Crippen molar-refractivity contribution in [1.82, 2.24) is 19.6 Å². The Morgan fingerprint density at radius 1 is 0.793 bits per heavy atom. The predicted molar refractivity (Wildman–Crippen MR) is 110 cm³/mol. The molecule has 0 bridgehead atoms. The van der Waals surface area contributed by atoms with Crippen LogP contribution in [0.4, 0.5) is 0 Å². The Hall–Kier alpha value is -1.45. The van der Waals surface area contributed by atoms with Gasteiger partial charge in [0.2, 0.25) is 5.91 Å². The van der Waals surface area contributed by atoms with Crippen LogP contribution < -0.4 is 0 Å². The van der Waals surface area contributed by atoms with Gasteiger partial charge in [0.25, 0.3) is 5.09 Å². The molecule has 29 heavy (non-hydrogen) atoms. The van der Waals surface area contributed by atoms with Crippen molar-refractivity contribution in [2.75, 3.05) is 72.0 Å². The molecule has 0 saturated carbocycles. The Morgan fingerprint density at radius 3 is 1.86 bits per heavy atom. The number of piperidine rings is 2. The highest BCUT2D eigenvalue weighted by Gasteiger charge is 2.26. The fourth-order valence-electron chi connectivity index (χ4n) is 4.74. The van der Waals surface area contributed by atoms with Crippen LogP contribution in [0, 0.1) is 10.1 Å². The molecule has 0 radical (unpaired) electrons. The topological polar surface area (TPSA) is 82.4 Å². The van der Waals surface area contributed by atoms with Crippen molar-refractivity contribution in [3.05, 3.63) is 10.1 Å². The Balaban J connectivity index is 1.38. The van der Waals surface area contributed by atoms with Crippen LogP contribution in [0.2, 0.25) is 0 Å². The second-order valence-electron chi connectivity index (χ2n) is 8.65. The van der Waals surface area contributed by atoms with E-state index in [0.29, 0.717) is 32.6 Å². The summed E-state index contributed by atoms with van der Waals surface area (Å²) in [5.41, 5.74) is 0. The van der Waals surface area contributed by atoms with Crippen molar-refractivity contribution in [2.24, 2.45) is 0 Å². The zero-order valence-electron chi connectivity index (χ0n) is 17.7. The standard InChI is InChI=1S/C20H37N5O4/c26-20(7-12-21-8-3-1-4-9-21)24-15-13-23(14-16-24)18-19(29-25(27)28)17-22-10-5-2-6-11-22/h19H,1-18H2. The van der Waals surface area contributed by atoms with E-state index in [4.69, 9.17) is 4.84 Å². The van der Waals surface area contributed by atoms with Gasteiger partial charge >= 0.3 is 0 Å². The van der Waals surface area contributed by atoms with E-state index in [0.717, 1.165) is 58.7 Å². The van der Waals surface area contributed by atoms with Crippen LogP contribution in [0.25, 0.3) is 0 Å². The molecule has 0 aliphatic carbocycles. The molecule has 9 nitrogen and oxygen atoms in total. The molecule has 166 valence electrons. The zero-order chi connectivity index (χ0) is 20.5. The van der Waals surface area contributed by atoms with Crippen molar-refractivity contribution in [3.8, 4) is 0 Å². The summed E-state index contributed by atoms with van der Waals surface area (Å²) in [4.78, 5) is 37.3. The van der Waals surface area contributed by atoms with Gasteiger partial charge in [-0.15, -0.1) is 10.1 Å². The van der Waals surface area contributed by atoms with Crippen LogP contribution >= 0.6 is 0 Å². The molecule has 1 unspecified atom stereocenters. The van der Waals surface area contributed by atoms with E-state index in [-0.39, 0.29) is 5.91 Å². The molecule has 0 aromatic rings. The molecular weight excluding hydrogens is 374 g/mol. The molecule has 3 saturated heterocycles. The van der Waals surface area contributed by atoms with Gasteiger partial charge in [-0.1, -0.05) is 12.8 Å². The van der Waals surface area contributed by atoms with Crippen molar-refractivity contribution in [1.29, 1.82) is 0 Å². The van der Waals surface area contributed by atoms with Crippen molar-refractivity contribution < 1.29 is 14.7 Å². The van der Waals surface area contributed by atoms with Crippen LogP contribution in [-0.4, -0.2) is 109 Å². The lowest BCUT2D eigenvalue weighted by Gasteiger charge is -2.37. The Kier molecular flexibility index (Phi) is 8.94. The number of piperazine rings is 1. The van der Waals surface area contributed by atoms with Crippen LogP contribution in [-0.2, 0) is 9.63 Å². The van der Waals surface area contributed by atoms with Crippen molar-refractivity contribution >= 4 is 5.91 Å². The van der Waals surface area contributed by atoms with E-state index in [1.54, 1.807) is 0 Å². The smallest absolute Gasteiger partial charge is 0.294 e. The summed E-state index contributed by atoms with van der Waals surface area (Å²) < 4.78 is 0. The molecule has 9 heteroatoms. The fraction of sp³-hybridized carbons (Fsp3) is 0.950. The minimum Gasteiger partial charge on any atom is -0.340 e. The van der Waals surface area contributed by atoms with Gasteiger partial charge in [0.1, 0.15) is 6.10 Å². The second kappa shape index (κ2) is 11.7. The summed E-state index contributed by atoms with van der Waals surface area (Å²) in [5.74, 6) is 0.238. The van der Waals surface area contributed by atoms with E-state index >= 15 is 0 Å². The maximum absolute atomic E-state index is 12.5. The van der Waals surface area contributed by atoms with Crippen LogP contribution in [0.3, 0.4) is 0 Å². The molecule has 1 atom stereocenters. The highest BCUT2D eigenvalue weighted by Crippen LogP contribution is 2.13. The highest BCUT2D eigenvalue weighted by molar-refractivity contribution is 5.76. The number of likely N-dealkylation sites (tertiary alicyclic amines) is 2. The summed E-state index contributed by atoms with van der Waals surface area (Å²) in [6, 6.07) is 0. The Morgan fingerprint density at radius 2 is 1.31 bits per heavy atom. The molecule has 0 spiro atoms. The maximum Gasteiger partial charge on any atom is 0.294 e. The summed E-state index contributed by atoms with van der Waals surface area (Å²) in [6.45, 7) is 9.18. The Labute approximate surface area is 174 Å². The first-order valence-electron chi connectivity index (χ1n) is 11.4. The number of hydrogen-bond donors (Lipinski definition) is 0. The lowest BCUT2D eigenvalue weighted by molar-refractivity contribution is -0.768. The van der Waals surface area contributed by atoms with Crippen molar-refractivity contribution in [3.63, 3.8) is 0 Å².